The number of benzene rings is 1. The minimum Gasteiger partial charge on any atom is -0.412 e. The number of nitrogens with one attached hydrogen (secondary N) is 1. The second-order valence-corrected chi connectivity index (χ2v) is 11.2. The van der Waals surface area contributed by atoms with Crippen LogP contribution >= 0.6 is 23.1 Å². The van der Waals surface area contributed by atoms with Crippen LogP contribution in [0.2, 0.25) is 0 Å². The van der Waals surface area contributed by atoms with Crippen molar-refractivity contribution >= 4 is 39.9 Å². The Labute approximate surface area is 195 Å². The van der Waals surface area contributed by atoms with Crippen LogP contribution in [0.15, 0.2) is 41.9 Å². The van der Waals surface area contributed by atoms with E-state index < -0.39 is 0 Å². The molecular formula is C23H28N4O3S2. The summed E-state index contributed by atoms with van der Waals surface area (Å²) >= 11 is 3.23. The predicted octanol–water partition coefficient (Wildman–Crippen LogP) is 3.68. The molecule has 1 saturated heterocycles. The zero-order valence-corrected chi connectivity index (χ0v) is 19.8. The summed E-state index contributed by atoms with van der Waals surface area (Å²) in [7, 11) is 0. The number of fused-ring (bicyclic) bond motifs is 1. The molecule has 7 nitrogen and oxygen atoms in total. The van der Waals surface area contributed by atoms with Crippen LogP contribution in [0.1, 0.15) is 45.2 Å². The van der Waals surface area contributed by atoms with E-state index in [1.54, 1.807) is 16.8 Å². The first-order chi connectivity index (χ1) is 14.9. The van der Waals surface area contributed by atoms with Crippen LogP contribution in [0.5, 0.6) is 0 Å². The van der Waals surface area contributed by atoms with Crippen LogP contribution in [0.4, 0.5) is 0 Å². The molecule has 170 valence electrons. The van der Waals surface area contributed by atoms with Crippen molar-refractivity contribution in [3.8, 4) is 11.3 Å². The number of carbonyl (C=O) groups excluding carboxylic acids is 2. The van der Waals surface area contributed by atoms with E-state index >= 15 is 0 Å². The Morgan fingerprint density at radius 1 is 1.28 bits per heavy atom. The number of rotatable bonds is 4. The van der Waals surface area contributed by atoms with Crippen LogP contribution in [-0.4, -0.2) is 41.8 Å². The van der Waals surface area contributed by atoms with E-state index in [9.17, 15) is 9.59 Å². The predicted molar refractivity (Wildman–Crippen MR) is 128 cm³/mol. The maximum absolute atomic E-state index is 13.0. The highest BCUT2D eigenvalue weighted by Gasteiger charge is 2.52. The molecule has 1 spiro atoms. The summed E-state index contributed by atoms with van der Waals surface area (Å²) in [6.45, 7) is 4.18. The zero-order valence-electron chi connectivity index (χ0n) is 18.2. The Hall–Kier alpha value is -2.36. The molecule has 1 aliphatic heterocycles. The molecule has 3 atom stereocenters. The van der Waals surface area contributed by atoms with Crippen molar-refractivity contribution in [3.63, 3.8) is 0 Å². The molecule has 3 aromatic rings. The summed E-state index contributed by atoms with van der Waals surface area (Å²) in [6, 6.07) is 10.0. The van der Waals surface area contributed by atoms with Gasteiger partial charge in [0.1, 0.15) is 4.87 Å². The summed E-state index contributed by atoms with van der Waals surface area (Å²) in [5, 5.41) is 3.51. The fourth-order valence-corrected chi connectivity index (χ4v) is 7.41. The first-order valence-electron chi connectivity index (χ1n) is 10.8. The number of thiazole rings is 1. The summed E-state index contributed by atoms with van der Waals surface area (Å²) in [5.41, 5.74) is 5.80. The van der Waals surface area contributed by atoms with Gasteiger partial charge in [-0.05, 0) is 32.1 Å². The topological polar surface area (TPSA) is 98.2 Å². The van der Waals surface area contributed by atoms with Gasteiger partial charge in [0.15, 0.2) is 4.96 Å². The van der Waals surface area contributed by atoms with E-state index in [-0.39, 0.29) is 33.8 Å². The third-order valence-corrected chi connectivity index (χ3v) is 8.67. The van der Waals surface area contributed by atoms with E-state index in [1.165, 1.54) is 17.8 Å². The average Bonchev–Trinajstić information content (AvgIpc) is 3.39. The molecule has 1 aliphatic carbocycles. The highest BCUT2D eigenvalue weighted by molar-refractivity contribution is 8.02. The van der Waals surface area contributed by atoms with Gasteiger partial charge in [0.05, 0.1) is 17.4 Å². The number of imidazole rings is 1. The fourth-order valence-electron chi connectivity index (χ4n) is 4.79. The minimum atomic E-state index is -0.302. The van der Waals surface area contributed by atoms with E-state index in [0.29, 0.717) is 5.92 Å². The molecule has 2 aliphatic rings. The van der Waals surface area contributed by atoms with Gasteiger partial charge in [-0.1, -0.05) is 43.7 Å². The Balaban J connectivity index is 0.00000245. The van der Waals surface area contributed by atoms with Crippen LogP contribution in [0.25, 0.3) is 16.2 Å². The molecule has 2 amide bonds. The molecule has 0 radical (unpaired) electrons. The summed E-state index contributed by atoms with van der Waals surface area (Å²) < 4.78 is 1.98. The van der Waals surface area contributed by atoms with Gasteiger partial charge in [-0.15, -0.1) is 23.1 Å². The smallest absolute Gasteiger partial charge is 0.255 e. The number of aromatic nitrogens is 2. The molecular weight excluding hydrogens is 444 g/mol. The molecule has 0 bridgehead atoms. The van der Waals surface area contributed by atoms with Gasteiger partial charge < -0.3 is 5.48 Å². The van der Waals surface area contributed by atoms with Crippen LogP contribution < -0.4 is 5.43 Å². The summed E-state index contributed by atoms with van der Waals surface area (Å²) in [6.07, 6.45) is 6.32. The minimum absolute atomic E-state index is 0. The van der Waals surface area contributed by atoms with E-state index in [0.717, 1.165) is 41.2 Å². The van der Waals surface area contributed by atoms with Crippen molar-refractivity contribution in [1.29, 1.82) is 0 Å². The first-order valence-corrected chi connectivity index (χ1v) is 12.5. The highest BCUT2D eigenvalue weighted by Crippen LogP contribution is 2.50. The van der Waals surface area contributed by atoms with Gasteiger partial charge in [-0.25, -0.2) is 9.99 Å². The molecule has 3 heterocycles. The third-order valence-electron chi connectivity index (χ3n) is 6.23. The normalized spacial score (nSPS) is 25.3. The number of hydrogen-bond donors (Lipinski definition) is 1. The SMILES string of the molecule is CC1CCCC2(C1)SC(C)C(=O)N2NC(=O)Cc1csc2nc(-c3ccccc3)cn12.O. The number of amides is 2. The molecule has 32 heavy (non-hydrogen) atoms. The number of hydrogen-bond acceptors (Lipinski definition) is 5. The Morgan fingerprint density at radius 2 is 2.06 bits per heavy atom. The lowest BCUT2D eigenvalue weighted by atomic mass is 9.86. The van der Waals surface area contributed by atoms with Gasteiger partial charge in [0.2, 0.25) is 5.91 Å². The maximum atomic E-state index is 13.0. The van der Waals surface area contributed by atoms with Gasteiger partial charge in [0, 0.05) is 22.8 Å². The van der Waals surface area contributed by atoms with Crippen LogP contribution in [0.3, 0.4) is 0 Å². The van der Waals surface area contributed by atoms with Crippen molar-refractivity contribution in [2.45, 2.75) is 56.1 Å². The van der Waals surface area contributed by atoms with E-state index in [1.807, 2.05) is 53.2 Å². The molecule has 5 rings (SSSR count). The molecule has 2 fully saturated rings. The van der Waals surface area contributed by atoms with Crippen molar-refractivity contribution < 1.29 is 15.1 Å². The molecule has 9 heteroatoms. The average molecular weight is 473 g/mol. The monoisotopic (exact) mass is 472 g/mol. The van der Waals surface area contributed by atoms with Gasteiger partial charge >= 0.3 is 0 Å². The summed E-state index contributed by atoms with van der Waals surface area (Å²) in [4.78, 5) is 31.1. The molecule has 3 unspecified atom stereocenters. The second-order valence-electron chi connectivity index (χ2n) is 8.66. The highest BCUT2D eigenvalue weighted by atomic mass is 32.2. The molecule has 1 aromatic carbocycles. The van der Waals surface area contributed by atoms with Gasteiger partial charge in [0.25, 0.3) is 5.91 Å². The van der Waals surface area contributed by atoms with Crippen molar-refractivity contribution in [1.82, 2.24) is 19.8 Å². The van der Waals surface area contributed by atoms with E-state index in [2.05, 4.69) is 12.3 Å². The lowest BCUT2D eigenvalue weighted by Gasteiger charge is -2.42. The van der Waals surface area contributed by atoms with Gasteiger partial charge in [-0.3, -0.25) is 19.4 Å². The standard InChI is InChI=1S/C23H26N4O2S2.H2O/c1-15-7-6-10-23(12-15)27(21(29)16(2)31-23)25-20(28)11-18-14-30-22-24-19(13-26(18)22)17-8-4-3-5-9-17;/h3-5,8-9,13-16H,6-7,10-12H2,1-2H3,(H,25,28);1H2. The van der Waals surface area contributed by atoms with Crippen molar-refractivity contribution in [3.05, 3.63) is 47.6 Å². The zero-order chi connectivity index (χ0) is 21.6. The Morgan fingerprint density at radius 3 is 2.81 bits per heavy atom. The first kappa shape index (κ1) is 22.8. The van der Waals surface area contributed by atoms with Crippen molar-refractivity contribution in [2.75, 3.05) is 0 Å². The number of carbonyl (C=O) groups is 2. The summed E-state index contributed by atoms with van der Waals surface area (Å²) in [5.74, 6) is 0.407. The Bertz CT molecular complexity index is 1130. The lowest BCUT2D eigenvalue weighted by Crippen LogP contribution is -2.56. The third kappa shape index (κ3) is 4.04. The second kappa shape index (κ2) is 8.88. The quantitative estimate of drug-likeness (QED) is 0.626. The number of thioether (sulfide) groups is 1. The lowest BCUT2D eigenvalue weighted by molar-refractivity contribution is -0.144. The van der Waals surface area contributed by atoms with Gasteiger partial charge in [-0.2, -0.15) is 0 Å². The number of nitrogens with zero attached hydrogens (tertiary/aromatic N) is 3. The Kier molecular flexibility index (Phi) is 6.33. The van der Waals surface area contributed by atoms with E-state index in [4.69, 9.17) is 4.98 Å². The molecule has 1 saturated carbocycles. The van der Waals surface area contributed by atoms with Crippen molar-refractivity contribution in [2.24, 2.45) is 5.92 Å². The van der Waals surface area contributed by atoms with Crippen LogP contribution in [0, 0.1) is 5.92 Å². The molecule has 2 aromatic heterocycles. The number of hydrazine groups is 1. The molecule has 3 N–H and O–H groups in total. The fraction of sp³-hybridized carbons (Fsp3) is 0.435. The van der Waals surface area contributed by atoms with Crippen LogP contribution in [-0.2, 0) is 16.0 Å². The largest absolute Gasteiger partial charge is 0.412 e. The maximum Gasteiger partial charge on any atom is 0.255 e.